The van der Waals surface area contributed by atoms with E-state index in [1.54, 1.807) is 6.07 Å². The summed E-state index contributed by atoms with van der Waals surface area (Å²) in [6.07, 6.45) is 3.56. The third-order valence-corrected chi connectivity index (χ3v) is 7.91. The van der Waals surface area contributed by atoms with Gasteiger partial charge in [-0.2, -0.15) is 0 Å². The zero-order chi connectivity index (χ0) is 21.5. The van der Waals surface area contributed by atoms with Crippen LogP contribution < -0.4 is 9.64 Å². The lowest BCUT2D eigenvalue weighted by atomic mass is 9.98. The summed E-state index contributed by atoms with van der Waals surface area (Å²) in [6.45, 7) is 5.87. The van der Waals surface area contributed by atoms with Crippen LogP contribution in [0.5, 0.6) is 5.75 Å². The van der Waals surface area contributed by atoms with Crippen molar-refractivity contribution in [2.45, 2.75) is 36.5 Å². The lowest BCUT2D eigenvalue weighted by Crippen LogP contribution is -2.34. The average Bonchev–Trinajstić information content (AvgIpc) is 2.74. The van der Waals surface area contributed by atoms with E-state index in [1.165, 1.54) is 25.4 Å². The number of halogens is 1. The summed E-state index contributed by atoms with van der Waals surface area (Å²) < 4.78 is 32.5. The predicted molar refractivity (Wildman–Crippen MR) is 121 cm³/mol. The molecule has 1 fully saturated rings. The largest absolute Gasteiger partial charge is 0.495 e. The maximum atomic E-state index is 13.7. The molecule has 1 saturated heterocycles. The molecule has 5 nitrogen and oxygen atoms in total. The van der Waals surface area contributed by atoms with Crippen LogP contribution in [0.4, 0.5) is 5.69 Å². The van der Waals surface area contributed by atoms with Gasteiger partial charge in [-0.3, -0.25) is 4.98 Å². The van der Waals surface area contributed by atoms with E-state index >= 15 is 0 Å². The van der Waals surface area contributed by atoms with Crippen LogP contribution in [0.2, 0.25) is 5.02 Å². The first-order valence-electron chi connectivity index (χ1n) is 10.0. The Balaban J connectivity index is 1.94. The summed E-state index contributed by atoms with van der Waals surface area (Å²) in [7, 11) is -2.33. The molecule has 3 aromatic rings. The van der Waals surface area contributed by atoms with Crippen LogP contribution in [0.1, 0.15) is 25.3 Å². The molecular weight excluding hydrogens is 420 g/mol. The number of para-hydroxylation sites is 1. The Morgan fingerprint density at radius 3 is 2.57 bits per heavy atom. The number of aryl methyl sites for hydroxylation is 1. The number of aromatic nitrogens is 1. The summed E-state index contributed by atoms with van der Waals surface area (Å²) in [5.41, 5.74) is 2.59. The van der Waals surface area contributed by atoms with E-state index in [9.17, 15) is 8.42 Å². The van der Waals surface area contributed by atoms with Gasteiger partial charge >= 0.3 is 0 Å². The zero-order valence-electron chi connectivity index (χ0n) is 17.4. The smallest absolute Gasteiger partial charge is 0.210 e. The van der Waals surface area contributed by atoms with Crippen molar-refractivity contribution in [3.63, 3.8) is 0 Å². The van der Waals surface area contributed by atoms with Gasteiger partial charge in [-0.05, 0) is 49.4 Å². The Morgan fingerprint density at radius 1 is 1.17 bits per heavy atom. The van der Waals surface area contributed by atoms with E-state index in [0.29, 0.717) is 11.7 Å². The Kier molecular flexibility index (Phi) is 5.64. The van der Waals surface area contributed by atoms with Crippen molar-refractivity contribution < 1.29 is 13.2 Å². The summed E-state index contributed by atoms with van der Waals surface area (Å²) in [5, 5.41) is 1.13. The van der Waals surface area contributed by atoms with Crippen molar-refractivity contribution in [2.75, 3.05) is 25.1 Å². The number of hydrogen-bond donors (Lipinski definition) is 0. The van der Waals surface area contributed by atoms with Crippen LogP contribution >= 0.6 is 11.6 Å². The first-order chi connectivity index (χ1) is 14.3. The molecule has 0 radical (unpaired) electrons. The summed E-state index contributed by atoms with van der Waals surface area (Å²) in [6, 6.07) is 10.5. The fourth-order valence-corrected chi connectivity index (χ4v) is 5.82. The normalized spacial score (nSPS) is 15.5. The highest BCUT2D eigenvalue weighted by atomic mass is 35.5. The van der Waals surface area contributed by atoms with Crippen molar-refractivity contribution in [1.29, 1.82) is 0 Å². The van der Waals surface area contributed by atoms with E-state index in [0.717, 1.165) is 48.1 Å². The van der Waals surface area contributed by atoms with Crippen molar-refractivity contribution >= 4 is 38.0 Å². The first kappa shape index (κ1) is 20.9. The maximum Gasteiger partial charge on any atom is 0.210 e. The van der Waals surface area contributed by atoms with Gasteiger partial charge < -0.3 is 9.64 Å². The molecule has 0 amide bonds. The highest BCUT2D eigenvalue weighted by Gasteiger charge is 2.29. The number of fused-ring (bicyclic) bond motifs is 1. The quantitative estimate of drug-likeness (QED) is 0.548. The van der Waals surface area contributed by atoms with Gasteiger partial charge in [0.25, 0.3) is 0 Å². The highest BCUT2D eigenvalue weighted by molar-refractivity contribution is 7.91. The molecule has 0 spiro atoms. The molecule has 158 valence electrons. The zero-order valence-corrected chi connectivity index (χ0v) is 18.9. The third-order valence-electron chi connectivity index (χ3n) is 5.86. The minimum atomic E-state index is -3.83. The summed E-state index contributed by atoms with van der Waals surface area (Å²) >= 11 is 6.23. The maximum absolute atomic E-state index is 13.7. The van der Waals surface area contributed by atoms with Crippen molar-refractivity contribution in [3.8, 4) is 5.75 Å². The Morgan fingerprint density at radius 2 is 1.90 bits per heavy atom. The van der Waals surface area contributed by atoms with Crippen LogP contribution in [-0.4, -0.2) is 33.6 Å². The number of benzene rings is 2. The van der Waals surface area contributed by atoms with Crippen LogP contribution in [0, 0.1) is 12.8 Å². The van der Waals surface area contributed by atoms with Crippen LogP contribution in [0.25, 0.3) is 10.9 Å². The fraction of sp³-hybridized carbons (Fsp3) is 0.348. The molecule has 0 N–H and O–H groups in total. The topological polar surface area (TPSA) is 59.5 Å². The number of piperidine rings is 1. The molecular formula is C23H25ClN2O3S. The number of anilines is 1. The molecule has 30 heavy (non-hydrogen) atoms. The van der Waals surface area contributed by atoms with Crippen molar-refractivity contribution in [1.82, 2.24) is 4.98 Å². The summed E-state index contributed by atoms with van der Waals surface area (Å²) in [5.74, 6) is 1.07. The molecule has 0 bridgehead atoms. The van der Waals surface area contributed by atoms with Crippen LogP contribution in [-0.2, 0) is 9.84 Å². The molecule has 0 unspecified atom stereocenters. The van der Waals surface area contributed by atoms with E-state index < -0.39 is 9.84 Å². The van der Waals surface area contributed by atoms with Gasteiger partial charge in [-0.1, -0.05) is 36.7 Å². The fourth-order valence-electron chi connectivity index (χ4n) is 4.03. The van der Waals surface area contributed by atoms with Gasteiger partial charge in [0.05, 0.1) is 28.2 Å². The van der Waals surface area contributed by atoms with Gasteiger partial charge in [-0.25, -0.2) is 8.42 Å². The number of rotatable bonds is 4. The highest BCUT2D eigenvalue weighted by Crippen LogP contribution is 2.39. The molecule has 1 aliphatic heterocycles. The summed E-state index contributed by atoms with van der Waals surface area (Å²) in [4.78, 5) is 7.08. The number of nitrogens with zero attached hydrogens (tertiary/aromatic N) is 2. The van der Waals surface area contributed by atoms with Gasteiger partial charge in [0.2, 0.25) is 9.84 Å². The van der Waals surface area contributed by atoms with Gasteiger partial charge in [-0.15, -0.1) is 0 Å². The molecule has 2 aromatic carbocycles. The Bertz CT molecular complexity index is 1200. The second kappa shape index (κ2) is 8.08. The standard InChI is InChI=1S/C23H25ClN2O3S/c1-15-9-11-26(12-10-15)23-18-6-4-5-16(2)22(18)25-14-21(23)30(27,28)17-7-8-20(29-3)19(24)13-17/h4-8,13-15H,9-12H2,1-3H3. The van der Waals surface area contributed by atoms with E-state index in [-0.39, 0.29) is 14.8 Å². The Labute approximate surface area is 182 Å². The number of hydrogen-bond acceptors (Lipinski definition) is 5. The molecule has 7 heteroatoms. The lowest BCUT2D eigenvalue weighted by molar-refractivity contribution is 0.414. The van der Waals surface area contributed by atoms with Gasteiger partial charge in [0.1, 0.15) is 10.6 Å². The average molecular weight is 445 g/mol. The van der Waals surface area contributed by atoms with Crippen molar-refractivity contribution in [3.05, 3.63) is 53.2 Å². The van der Waals surface area contributed by atoms with E-state index in [1.807, 2.05) is 25.1 Å². The number of sulfone groups is 1. The lowest BCUT2D eigenvalue weighted by Gasteiger charge is -2.34. The van der Waals surface area contributed by atoms with Gasteiger partial charge in [0, 0.05) is 24.7 Å². The van der Waals surface area contributed by atoms with E-state index in [2.05, 4.69) is 16.8 Å². The Hall–Kier alpha value is -2.31. The molecule has 0 saturated carbocycles. The minimum absolute atomic E-state index is 0.133. The SMILES string of the molecule is COc1ccc(S(=O)(=O)c2cnc3c(C)cccc3c2N2CCC(C)CC2)cc1Cl. The molecule has 1 aliphatic rings. The van der Waals surface area contributed by atoms with Gasteiger partial charge in [0.15, 0.2) is 0 Å². The second-order valence-corrected chi connectivity index (χ2v) is 10.2. The molecule has 0 atom stereocenters. The van der Waals surface area contributed by atoms with Crippen LogP contribution in [0.15, 0.2) is 52.4 Å². The first-order valence-corrected chi connectivity index (χ1v) is 11.9. The molecule has 4 rings (SSSR count). The minimum Gasteiger partial charge on any atom is -0.495 e. The number of ether oxygens (including phenoxy) is 1. The third kappa shape index (κ3) is 3.63. The predicted octanol–water partition coefficient (Wildman–Crippen LogP) is 5.27. The molecule has 1 aromatic heterocycles. The number of methoxy groups -OCH3 is 1. The monoisotopic (exact) mass is 444 g/mol. The van der Waals surface area contributed by atoms with Crippen LogP contribution in [0.3, 0.4) is 0 Å². The second-order valence-electron chi connectivity index (χ2n) is 7.91. The molecule has 2 heterocycles. The van der Waals surface area contributed by atoms with Crippen molar-refractivity contribution in [2.24, 2.45) is 5.92 Å². The molecule has 0 aliphatic carbocycles. The van der Waals surface area contributed by atoms with E-state index in [4.69, 9.17) is 16.3 Å². The number of pyridine rings is 1.